The second-order valence-electron chi connectivity index (χ2n) is 7.10. The van der Waals surface area contributed by atoms with Crippen LogP contribution < -0.4 is 22.3 Å². The summed E-state index contributed by atoms with van der Waals surface area (Å²) in [6, 6.07) is 2.36. The summed E-state index contributed by atoms with van der Waals surface area (Å²) in [6.45, 7) is 0.499. The van der Waals surface area contributed by atoms with Crippen molar-refractivity contribution < 1.29 is 24.7 Å². The number of carbonyl (C=O) groups excluding carboxylic acids is 2. The van der Waals surface area contributed by atoms with Crippen LogP contribution in [0.4, 0.5) is 5.82 Å². The van der Waals surface area contributed by atoms with E-state index in [1.807, 2.05) is 5.48 Å². The number of hydrogen-bond donors (Lipinski definition) is 6. The summed E-state index contributed by atoms with van der Waals surface area (Å²) in [5, 5.41) is 29.4. The van der Waals surface area contributed by atoms with Crippen molar-refractivity contribution in [3.05, 3.63) is 34.5 Å². The lowest BCUT2D eigenvalue weighted by atomic mass is 10.0. The number of pyridine rings is 1. The number of aliphatic carboxylic acids is 1. The molecule has 0 aromatic carbocycles. The molecule has 1 unspecified atom stereocenters. The van der Waals surface area contributed by atoms with Crippen LogP contribution in [0.5, 0.6) is 0 Å². The summed E-state index contributed by atoms with van der Waals surface area (Å²) in [6.07, 6.45) is 0. The number of carbonyl (C=O) groups is 3. The minimum Gasteiger partial charge on any atom is -0.477 e. The lowest BCUT2D eigenvalue weighted by Gasteiger charge is -2.49. The number of anilines is 1. The van der Waals surface area contributed by atoms with Gasteiger partial charge in [-0.1, -0.05) is 40.9 Å². The highest BCUT2D eigenvalue weighted by atomic mass is 32.2. The number of nitrogens with two attached hydrogens (primary N) is 2. The van der Waals surface area contributed by atoms with Crippen molar-refractivity contribution in [1.29, 1.82) is 0 Å². The van der Waals surface area contributed by atoms with E-state index >= 15 is 0 Å². The van der Waals surface area contributed by atoms with Gasteiger partial charge in [0.15, 0.2) is 14.7 Å². The van der Waals surface area contributed by atoms with Crippen LogP contribution in [0.1, 0.15) is 11.7 Å². The first-order valence-electron chi connectivity index (χ1n) is 10.0. The third-order valence-corrected chi connectivity index (χ3v) is 9.54. The predicted molar refractivity (Wildman–Crippen MR) is 132 cm³/mol. The Morgan fingerprint density at radius 2 is 2.09 bits per heavy atom. The highest BCUT2D eigenvalue weighted by molar-refractivity contribution is 8.07. The van der Waals surface area contributed by atoms with Gasteiger partial charge in [-0.3, -0.25) is 14.5 Å². The van der Waals surface area contributed by atoms with Crippen molar-refractivity contribution in [2.45, 2.75) is 26.1 Å². The molecule has 4 rings (SSSR count). The number of amides is 2. The molecular weight excluding hydrogens is 537 g/mol. The molecule has 1 fully saturated rings. The average molecular weight is 557 g/mol. The molecule has 2 amide bonds. The lowest BCUT2D eigenvalue weighted by molar-refractivity contribution is -0.151. The molecule has 2 aliphatic heterocycles. The zero-order valence-electron chi connectivity index (χ0n) is 17.8. The van der Waals surface area contributed by atoms with Crippen LogP contribution in [0.3, 0.4) is 0 Å². The largest absolute Gasteiger partial charge is 0.477 e. The average Bonchev–Trinajstić information content (AvgIpc) is 3.28. The van der Waals surface area contributed by atoms with Crippen LogP contribution in [0.15, 0.2) is 37.5 Å². The highest BCUT2D eigenvalue weighted by Crippen LogP contribution is 2.46. The zero-order valence-corrected chi connectivity index (χ0v) is 21.0. The van der Waals surface area contributed by atoms with E-state index in [1.54, 1.807) is 6.07 Å². The number of nitrogens with one attached hydrogen (secondary N) is 2. The molecule has 35 heavy (non-hydrogen) atoms. The van der Waals surface area contributed by atoms with Crippen LogP contribution in [0, 0.1) is 0 Å². The summed E-state index contributed by atoms with van der Waals surface area (Å²) < 4.78 is 1.28. The molecule has 186 valence electrons. The van der Waals surface area contributed by atoms with Gasteiger partial charge in [-0.2, -0.15) is 5.48 Å². The van der Waals surface area contributed by atoms with Gasteiger partial charge < -0.3 is 27.1 Å². The third kappa shape index (κ3) is 5.40. The second kappa shape index (κ2) is 11.1. The number of hydrogen-bond acceptors (Lipinski definition) is 14. The van der Waals surface area contributed by atoms with E-state index in [-0.39, 0.29) is 17.2 Å². The first-order valence-corrected chi connectivity index (χ1v) is 13.7. The van der Waals surface area contributed by atoms with E-state index in [0.717, 1.165) is 21.0 Å². The molecule has 13 nitrogen and oxygen atoms in total. The molecule has 3 atom stereocenters. The quantitative estimate of drug-likeness (QED) is 0.130. The van der Waals surface area contributed by atoms with Gasteiger partial charge >= 0.3 is 5.97 Å². The molecule has 0 radical (unpaired) electrons. The van der Waals surface area contributed by atoms with Crippen molar-refractivity contribution >= 4 is 70.2 Å². The Labute approximate surface area is 215 Å². The van der Waals surface area contributed by atoms with Crippen LogP contribution in [-0.2, 0) is 14.4 Å². The fraction of sp³-hybridized carbons (Fsp3) is 0.333. The number of nitrogens with zero attached hydrogens (tertiary/aromatic N) is 4. The van der Waals surface area contributed by atoms with Gasteiger partial charge in [-0.05, 0) is 12.1 Å². The Morgan fingerprint density at radius 1 is 1.31 bits per heavy atom. The van der Waals surface area contributed by atoms with Crippen molar-refractivity contribution in [2.24, 2.45) is 5.73 Å². The van der Waals surface area contributed by atoms with Crippen LogP contribution in [-0.4, -0.2) is 77.6 Å². The number of carboxylic acid groups (broad SMARTS) is 1. The van der Waals surface area contributed by atoms with E-state index in [0.29, 0.717) is 27.3 Å². The predicted octanol–water partition coefficient (Wildman–Crippen LogP) is 0.0744. The van der Waals surface area contributed by atoms with Crippen molar-refractivity contribution in [3.63, 3.8) is 0 Å². The van der Waals surface area contributed by atoms with Gasteiger partial charge in [-0.15, -0.1) is 22.0 Å². The van der Waals surface area contributed by atoms with E-state index in [4.69, 9.17) is 11.5 Å². The maximum Gasteiger partial charge on any atom is 0.353 e. The Bertz CT molecular complexity index is 1180. The molecule has 8 N–H and O–H groups in total. The lowest BCUT2D eigenvalue weighted by Crippen LogP contribution is -2.71. The Hall–Kier alpha value is -2.41. The fourth-order valence-corrected chi connectivity index (χ4v) is 7.84. The molecule has 0 saturated carbocycles. The SMILES string of the molecule is NCCSc1nnc(SC2=C(C(=O)O)N3C(=O)[C@@H](NC(=O)C(NO)c4cccc(N)n4)[C@@H]3SC2)s1. The first kappa shape index (κ1) is 25.7. The summed E-state index contributed by atoms with van der Waals surface area (Å²) in [4.78, 5) is 43.3. The number of carboxylic acids is 1. The number of rotatable bonds is 10. The Balaban J connectivity index is 1.48. The van der Waals surface area contributed by atoms with Crippen molar-refractivity contribution in [1.82, 2.24) is 30.9 Å². The molecule has 4 heterocycles. The minimum atomic E-state index is -1.27. The van der Waals surface area contributed by atoms with Gasteiger partial charge in [0.2, 0.25) is 5.91 Å². The molecule has 2 aromatic heterocycles. The maximum atomic E-state index is 12.9. The van der Waals surface area contributed by atoms with Crippen molar-refractivity contribution in [2.75, 3.05) is 23.8 Å². The summed E-state index contributed by atoms with van der Waals surface area (Å²) in [5.41, 5.74) is 13.0. The molecule has 17 heteroatoms. The van der Waals surface area contributed by atoms with Gasteiger partial charge in [-0.25, -0.2) is 9.78 Å². The van der Waals surface area contributed by atoms with Crippen LogP contribution in [0.2, 0.25) is 0 Å². The standard InChI is InChI=1S/C18H20N8O5S4/c19-4-5-32-17-23-24-18(35-17)34-8-6-33-15-11(14(28)26(15)12(8)16(29)30)22-13(27)10(25-31)7-2-1-3-9(20)21-7/h1-3,10-11,15,25,31H,4-6,19H2,(H2,20,21)(H,22,27)(H,29,30)/t10?,11-,15+/m1/s1. The number of β-lactam (4-membered cyclic amide) rings is 1. The van der Waals surface area contributed by atoms with Gasteiger partial charge in [0.05, 0.1) is 5.69 Å². The summed E-state index contributed by atoms with van der Waals surface area (Å²) >= 11 is 5.25. The smallest absolute Gasteiger partial charge is 0.353 e. The topological polar surface area (TPSA) is 210 Å². The zero-order chi connectivity index (χ0) is 25.1. The van der Waals surface area contributed by atoms with Crippen molar-refractivity contribution in [3.8, 4) is 0 Å². The second-order valence-corrected chi connectivity index (χ2v) is 11.9. The summed E-state index contributed by atoms with van der Waals surface area (Å²) in [7, 11) is 0. The number of nitrogen functional groups attached to an aromatic ring is 1. The fourth-order valence-electron chi connectivity index (χ4n) is 3.34. The monoisotopic (exact) mass is 556 g/mol. The molecule has 0 spiro atoms. The number of thioether (sulfide) groups is 3. The highest BCUT2D eigenvalue weighted by Gasteiger charge is 2.54. The van der Waals surface area contributed by atoms with E-state index in [9.17, 15) is 24.7 Å². The molecular formula is C18H20N8O5S4. The first-order chi connectivity index (χ1) is 16.8. The molecule has 2 aliphatic rings. The number of fused-ring (bicyclic) bond motifs is 1. The molecule has 1 saturated heterocycles. The van der Waals surface area contributed by atoms with Gasteiger partial charge in [0, 0.05) is 23.0 Å². The maximum absolute atomic E-state index is 12.9. The van der Waals surface area contributed by atoms with E-state index in [1.165, 1.54) is 47.0 Å². The number of aromatic nitrogens is 3. The third-order valence-electron chi connectivity index (χ3n) is 4.85. The molecule has 0 aliphatic carbocycles. The molecule has 0 bridgehead atoms. The van der Waals surface area contributed by atoms with E-state index in [2.05, 4.69) is 20.5 Å². The van der Waals surface area contributed by atoms with Gasteiger partial charge in [0.1, 0.15) is 22.9 Å². The van der Waals surface area contributed by atoms with Crippen LogP contribution in [0.25, 0.3) is 0 Å². The number of hydroxylamine groups is 1. The Kier molecular flexibility index (Phi) is 8.15. The van der Waals surface area contributed by atoms with E-state index < -0.39 is 35.2 Å². The van der Waals surface area contributed by atoms with Crippen LogP contribution >= 0.6 is 46.6 Å². The van der Waals surface area contributed by atoms with Gasteiger partial charge in [0.25, 0.3) is 5.91 Å². The minimum absolute atomic E-state index is 0.144. The molecule has 2 aromatic rings. The summed E-state index contributed by atoms with van der Waals surface area (Å²) in [5.74, 6) is -1.38. The normalized spacial score (nSPS) is 20.3. The Morgan fingerprint density at radius 3 is 2.77 bits per heavy atom.